The van der Waals surface area contributed by atoms with Crippen molar-refractivity contribution >= 4 is 27.8 Å². The number of carbonyl (C=O) groups is 2. The molecule has 1 aromatic heterocycles. The van der Waals surface area contributed by atoms with Crippen molar-refractivity contribution in [1.29, 1.82) is 0 Å². The molecular formula is C16H15BrN2O3. The maximum absolute atomic E-state index is 12.7. The van der Waals surface area contributed by atoms with Crippen molar-refractivity contribution in [3.63, 3.8) is 0 Å². The highest BCUT2D eigenvalue weighted by atomic mass is 79.9. The number of nitrogens with two attached hydrogens (primary N) is 1. The van der Waals surface area contributed by atoms with Crippen molar-refractivity contribution in [2.45, 2.75) is 19.3 Å². The second-order valence-electron chi connectivity index (χ2n) is 5.26. The number of halogens is 1. The van der Waals surface area contributed by atoms with Gasteiger partial charge in [-0.1, -0.05) is 28.1 Å². The Morgan fingerprint density at radius 1 is 1.14 bits per heavy atom. The van der Waals surface area contributed by atoms with Gasteiger partial charge in [-0.2, -0.15) is 0 Å². The number of rotatable bonds is 4. The van der Waals surface area contributed by atoms with Crippen LogP contribution in [0.5, 0.6) is 5.75 Å². The Kier molecular flexibility index (Phi) is 4.61. The fourth-order valence-corrected chi connectivity index (χ4v) is 2.27. The number of amides is 1. The quantitative estimate of drug-likeness (QED) is 0.844. The number of ketones is 1. The Hall–Kier alpha value is -2.21. The molecular weight excluding hydrogens is 348 g/mol. The third kappa shape index (κ3) is 3.51. The van der Waals surface area contributed by atoms with Crippen LogP contribution in [-0.4, -0.2) is 16.9 Å². The number of hydrogen-bond acceptors (Lipinski definition) is 4. The number of aromatic nitrogens is 1. The van der Waals surface area contributed by atoms with Crippen LogP contribution in [0.25, 0.3) is 0 Å². The van der Waals surface area contributed by atoms with Crippen molar-refractivity contribution in [3.05, 3.63) is 58.3 Å². The fraction of sp³-hybridized carbons (Fsp3) is 0.188. The standard InChI is InChI=1S/C16H15BrN2O3/c1-16(2,10-3-5-11(17)6-4-10)14(20)13-8-7-12(9-19-13)22-15(18)21/h3-9H,1-2H3,(H2,18,21). The smallest absolute Gasteiger partial charge is 0.409 e. The number of nitrogens with zero attached hydrogens (tertiary/aromatic N) is 1. The summed E-state index contributed by atoms with van der Waals surface area (Å²) in [6.45, 7) is 3.68. The lowest BCUT2D eigenvalue weighted by atomic mass is 9.79. The Morgan fingerprint density at radius 3 is 2.27 bits per heavy atom. The third-order valence-electron chi connectivity index (χ3n) is 3.32. The molecule has 0 atom stereocenters. The van der Waals surface area contributed by atoms with Crippen LogP contribution in [-0.2, 0) is 5.41 Å². The van der Waals surface area contributed by atoms with Crippen LogP contribution in [0.1, 0.15) is 29.9 Å². The predicted molar refractivity (Wildman–Crippen MR) is 85.9 cm³/mol. The number of Topliss-reactive ketones (excluding diaryl/α,β-unsaturated/α-hetero) is 1. The van der Waals surface area contributed by atoms with E-state index in [1.807, 2.05) is 38.1 Å². The zero-order chi connectivity index (χ0) is 16.3. The SMILES string of the molecule is CC(C)(C(=O)c1ccc(OC(N)=O)cn1)c1ccc(Br)cc1. The Balaban J connectivity index is 2.26. The second kappa shape index (κ2) is 6.27. The number of benzene rings is 1. The van der Waals surface area contributed by atoms with Crippen LogP contribution in [0.4, 0.5) is 4.79 Å². The number of hydrogen-bond donors (Lipinski definition) is 1. The lowest BCUT2D eigenvalue weighted by Gasteiger charge is -2.23. The van der Waals surface area contributed by atoms with Gasteiger partial charge in [0.15, 0.2) is 11.5 Å². The van der Waals surface area contributed by atoms with Gasteiger partial charge in [-0.05, 0) is 43.7 Å². The maximum Gasteiger partial charge on any atom is 0.410 e. The minimum Gasteiger partial charge on any atom is -0.409 e. The van der Waals surface area contributed by atoms with E-state index in [2.05, 4.69) is 20.9 Å². The summed E-state index contributed by atoms with van der Waals surface area (Å²) in [6, 6.07) is 10.6. The van der Waals surface area contributed by atoms with Gasteiger partial charge in [-0.15, -0.1) is 0 Å². The van der Waals surface area contributed by atoms with E-state index >= 15 is 0 Å². The molecule has 0 aliphatic carbocycles. The molecule has 1 amide bonds. The molecule has 1 aromatic carbocycles. The predicted octanol–water partition coefficient (Wildman–Crippen LogP) is 3.46. The summed E-state index contributed by atoms with van der Waals surface area (Å²) in [5.41, 5.74) is 5.38. The summed E-state index contributed by atoms with van der Waals surface area (Å²) in [5.74, 6) is 0.0749. The van der Waals surface area contributed by atoms with Gasteiger partial charge in [0.25, 0.3) is 0 Å². The van der Waals surface area contributed by atoms with Gasteiger partial charge in [0.1, 0.15) is 5.69 Å². The van der Waals surface area contributed by atoms with Crippen LogP contribution in [0, 0.1) is 0 Å². The van der Waals surface area contributed by atoms with Crippen LogP contribution in [0.3, 0.4) is 0 Å². The molecule has 0 aliphatic heterocycles. The van der Waals surface area contributed by atoms with Gasteiger partial charge in [-0.3, -0.25) is 4.79 Å². The van der Waals surface area contributed by atoms with E-state index in [-0.39, 0.29) is 11.5 Å². The van der Waals surface area contributed by atoms with E-state index in [1.54, 1.807) is 0 Å². The first-order valence-corrected chi connectivity index (χ1v) is 7.34. The first kappa shape index (κ1) is 16.2. The monoisotopic (exact) mass is 362 g/mol. The Bertz CT molecular complexity index is 694. The summed E-state index contributed by atoms with van der Waals surface area (Å²) in [5, 5.41) is 0. The lowest BCUT2D eigenvalue weighted by molar-refractivity contribution is 0.0903. The summed E-state index contributed by atoms with van der Waals surface area (Å²) in [7, 11) is 0. The Morgan fingerprint density at radius 2 is 1.77 bits per heavy atom. The van der Waals surface area contributed by atoms with Gasteiger partial charge in [0.2, 0.25) is 0 Å². The number of pyridine rings is 1. The number of ether oxygens (including phenoxy) is 1. The van der Waals surface area contributed by atoms with Crippen LogP contribution in [0.15, 0.2) is 47.1 Å². The topological polar surface area (TPSA) is 82.3 Å². The highest BCUT2D eigenvalue weighted by Crippen LogP contribution is 2.28. The summed E-state index contributed by atoms with van der Waals surface area (Å²) in [6.07, 6.45) is 0.381. The molecule has 2 N–H and O–H groups in total. The van der Waals surface area contributed by atoms with Crippen molar-refractivity contribution in [1.82, 2.24) is 4.98 Å². The first-order chi connectivity index (χ1) is 10.3. The summed E-state index contributed by atoms with van der Waals surface area (Å²) < 4.78 is 5.64. The van der Waals surface area contributed by atoms with Gasteiger partial charge in [0.05, 0.1) is 11.6 Å². The molecule has 2 aromatic rings. The summed E-state index contributed by atoms with van der Waals surface area (Å²) in [4.78, 5) is 27.4. The molecule has 6 heteroatoms. The first-order valence-electron chi connectivity index (χ1n) is 6.55. The molecule has 0 unspecified atom stereocenters. The van der Waals surface area contributed by atoms with E-state index in [0.717, 1.165) is 10.0 Å². The van der Waals surface area contributed by atoms with Crippen LogP contribution < -0.4 is 10.5 Å². The zero-order valence-electron chi connectivity index (χ0n) is 12.2. The molecule has 0 aliphatic rings. The molecule has 0 bridgehead atoms. The highest BCUT2D eigenvalue weighted by molar-refractivity contribution is 9.10. The minimum atomic E-state index is -0.920. The second-order valence-corrected chi connectivity index (χ2v) is 6.18. The molecule has 2 rings (SSSR count). The average Bonchev–Trinajstić information content (AvgIpc) is 2.47. The minimum absolute atomic E-state index is 0.125. The van der Waals surface area contributed by atoms with Gasteiger partial charge in [0, 0.05) is 4.47 Å². The maximum atomic E-state index is 12.7. The van der Waals surface area contributed by atoms with E-state index in [0.29, 0.717) is 5.69 Å². The molecule has 0 fully saturated rings. The zero-order valence-corrected chi connectivity index (χ0v) is 13.8. The summed E-state index contributed by atoms with van der Waals surface area (Å²) >= 11 is 3.37. The van der Waals surface area contributed by atoms with Crippen molar-refractivity contribution in [2.75, 3.05) is 0 Å². The van der Waals surface area contributed by atoms with Gasteiger partial charge in [-0.25, -0.2) is 9.78 Å². The van der Waals surface area contributed by atoms with E-state index < -0.39 is 11.5 Å². The third-order valence-corrected chi connectivity index (χ3v) is 3.85. The van der Waals surface area contributed by atoms with E-state index in [9.17, 15) is 9.59 Å². The average molecular weight is 363 g/mol. The largest absolute Gasteiger partial charge is 0.410 e. The molecule has 0 saturated heterocycles. The van der Waals surface area contributed by atoms with Crippen molar-refractivity contribution in [2.24, 2.45) is 5.73 Å². The molecule has 22 heavy (non-hydrogen) atoms. The lowest BCUT2D eigenvalue weighted by Crippen LogP contribution is -2.29. The Labute approximate surface area is 136 Å². The fourth-order valence-electron chi connectivity index (χ4n) is 2.01. The van der Waals surface area contributed by atoms with Crippen LogP contribution >= 0.6 is 15.9 Å². The molecule has 1 heterocycles. The van der Waals surface area contributed by atoms with Gasteiger partial charge < -0.3 is 10.5 Å². The molecule has 5 nitrogen and oxygen atoms in total. The number of carbonyl (C=O) groups excluding carboxylic acids is 2. The normalized spacial score (nSPS) is 11.0. The van der Waals surface area contributed by atoms with Crippen molar-refractivity contribution in [3.8, 4) is 5.75 Å². The van der Waals surface area contributed by atoms with E-state index in [1.165, 1.54) is 18.3 Å². The number of primary amides is 1. The molecule has 114 valence electrons. The van der Waals surface area contributed by atoms with Crippen LogP contribution in [0.2, 0.25) is 0 Å². The van der Waals surface area contributed by atoms with E-state index in [4.69, 9.17) is 10.5 Å². The molecule has 0 spiro atoms. The highest BCUT2D eigenvalue weighted by Gasteiger charge is 2.31. The van der Waals surface area contributed by atoms with Gasteiger partial charge >= 0.3 is 6.09 Å². The molecule has 0 saturated carbocycles. The van der Waals surface area contributed by atoms with Crippen molar-refractivity contribution < 1.29 is 14.3 Å². The molecule has 0 radical (unpaired) electrons.